The van der Waals surface area contributed by atoms with Crippen molar-refractivity contribution < 1.29 is 0 Å². The Bertz CT molecular complexity index is 189. The normalized spacial score (nSPS) is 45.6. The fourth-order valence-electron chi connectivity index (χ4n) is 3.29. The number of likely N-dealkylation sites (tertiary alicyclic amines) is 1. The second kappa shape index (κ2) is 4.19. The molecule has 1 N–H and O–H groups in total. The third-order valence-corrected chi connectivity index (χ3v) is 4.00. The topological polar surface area (TPSA) is 15.3 Å². The molecular weight excluding hydrogens is 172 g/mol. The van der Waals surface area contributed by atoms with Crippen molar-refractivity contribution in [1.29, 1.82) is 0 Å². The molecule has 0 aromatic heterocycles. The quantitative estimate of drug-likeness (QED) is 0.687. The summed E-state index contributed by atoms with van der Waals surface area (Å²) in [4.78, 5) is 2.76. The summed E-state index contributed by atoms with van der Waals surface area (Å²) in [5, 5.41) is 3.49. The van der Waals surface area contributed by atoms with Crippen molar-refractivity contribution in [1.82, 2.24) is 10.2 Å². The van der Waals surface area contributed by atoms with Crippen LogP contribution in [-0.2, 0) is 0 Å². The van der Waals surface area contributed by atoms with Crippen molar-refractivity contribution in [3.05, 3.63) is 0 Å². The highest BCUT2D eigenvalue weighted by Gasteiger charge is 2.35. The van der Waals surface area contributed by atoms with Gasteiger partial charge in [0.15, 0.2) is 0 Å². The molecule has 2 heterocycles. The summed E-state index contributed by atoms with van der Waals surface area (Å²) in [7, 11) is 0. The van der Waals surface area contributed by atoms with Gasteiger partial charge in [0.25, 0.3) is 0 Å². The zero-order chi connectivity index (χ0) is 10.1. The summed E-state index contributed by atoms with van der Waals surface area (Å²) in [5.41, 5.74) is 0. The van der Waals surface area contributed by atoms with Gasteiger partial charge in [-0.05, 0) is 44.7 Å². The molecular formula is C12H24N2. The lowest BCUT2D eigenvalue weighted by Crippen LogP contribution is -2.49. The maximum Gasteiger partial charge on any atom is 0.0148 e. The summed E-state index contributed by atoms with van der Waals surface area (Å²) in [5.74, 6) is 1.74. The highest BCUT2D eigenvalue weighted by molar-refractivity contribution is 4.90. The number of rotatable bonds is 1. The molecule has 4 atom stereocenters. The summed E-state index contributed by atoms with van der Waals surface area (Å²) >= 11 is 0. The van der Waals surface area contributed by atoms with Crippen LogP contribution in [0.3, 0.4) is 0 Å². The van der Waals surface area contributed by atoms with E-state index in [0.29, 0.717) is 0 Å². The fraction of sp³-hybridized carbons (Fsp3) is 1.00. The number of piperidine rings is 1. The molecule has 0 amide bonds. The number of nitrogens with one attached hydrogen (secondary N) is 1. The molecule has 2 nitrogen and oxygen atoms in total. The van der Waals surface area contributed by atoms with E-state index in [0.717, 1.165) is 23.9 Å². The van der Waals surface area contributed by atoms with Crippen molar-refractivity contribution >= 4 is 0 Å². The van der Waals surface area contributed by atoms with Crippen molar-refractivity contribution in [2.24, 2.45) is 11.8 Å². The average molecular weight is 196 g/mol. The molecule has 14 heavy (non-hydrogen) atoms. The Balaban J connectivity index is 1.99. The van der Waals surface area contributed by atoms with Gasteiger partial charge in [0, 0.05) is 18.6 Å². The number of nitrogens with zero attached hydrogens (tertiary/aromatic N) is 1. The van der Waals surface area contributed by atoms with E-state index in [1.807, 2.05) is 0 Å². The van der Waals surface area contributed by atoms with Crippen molar-refractivity contribution in [3.63, 3.8) is 0 Å². The standard InChI is InChI=1S/C12H24N2/c1-9-6-11(3)14(8-9)12-4-5-13-7-10(12)2/h9-13H,4-8H2,1-3H3. The van der Waals surface area contributed by atoms with E-state index < -0.39 is 0 Å². The first-order valence-electron chi connectivity index (χ1n) is 6.15. The largest absolute Gasteiger partial charge is 0.316 e. The van der Waals surface area contributed by atoms with Crippen LogP contribution in [0.4, 0.5) is 0 Å². The lowest BCUT2D eigenvalue weighted by molar-refractivity contribution is 0.112. The predicted octanol–water partition coefficient (Wildman–Crippen LogP) is 1.71. The van der Waals surface area contributed by atoms with Crippen LogP contribution >= 0.6 is 0 Å². The Morgan fingerprint density at radius 3 is 2.57 bits per heavy atom. The molecule has 0 aliphatic carbocycles. The van der Waals surface area contributed by atoms with E-state index >= 15 is 0 Å². The third kappa shape index (κ3) is 1.96. The molecule has 82 valence electrons. The van der Waals surface area contributed by atoms with Crippen LogP contribution in [0.1, 0.15) is 33.6 Å². The Morgan fingerprint density at radius 2 is 2.00 bits per heavy atom. The monoisotopic (exact) mass is 196 g/mol. The van der Waals surface area contributed by atoms with Crippen LogP contribution in [0.25, 0.3) is 0 Å². The Morgan fingerprint density at radius 1 is 1.21 bits per heavy atom. The SMILES string of the molecule is CC1CC(C)N(C2CCNCC2C)C1. The number of hydrogen-bond donors (Lipinski definition) is 1. The molecule has 0 spiro atoms. The average Bonchev–Trinajstić information content (AvgIpc) is 2.46. The van der Waals surface area contributed by atoms with Crippen LogP contribution in [0.15, 0.2) is 0 Å². The Hall–Kier alpha value is -0.0800. The zero-order valence-electron chi connectivity index (χ0n) is 9.79. The van der Waals surface area contributed by atoms with Crippen LogP contribution in [0, 0.1) is 11.8 Å². The van der Waals surface area contributed by atoms with Gasteiger partial charge < -0.3 is 5.32 Å². The minimum Gasteiger partial charge on any atom is -0.316 e. The van der Waals surface area contributed by atoms with E-state index in [1.54, 1.807) is 0 Å². The molecule has 0 radical (unpaired) electrons. The smallest absolute Gasteiger partial charge is 0.0148 e. The first kappa shape index (κ1) is 10.4. The minimum atomic E-state index is 0.815. The fourth-order valence-corrected chi connectivity index (χ4v) is 3.29. The van der Waals surface area contributed by atoms with Gasteiger partial charge in [0.1, 0.15) is 0 Å². The van der Waals surface area contributed by atoms with Gasteiger partial charge in [-0.25, -0.2) is 0 Å². The van der Waals surface area contributed by atoms with E-state index in [1.165, 1.54) is 32.5 Å². The molecule has 2 aliphatic rings. The summed E-state index contributed by atoms with van der Waals surface area (Å²) in [6.07, 6.45) is 2.74. The summed E-state index contributed by atoms with van der Waals surface area (Å²) < 4.78 is 0. The lowest BCUT2D eigenvalue weighted by atomic mass is 9.93. The lowest BCUT2D eigenvalue weighted by Gasteiger charge is -2.39. The van der Waals surface area contributed by atoms with Crippen LogP contribution < -0.4 is 5.32 Å². The van der Waals surface area contributed by atoms with E-state index in [2.05, 4.69) is 31.0 Å². The molecule has 2 heteroatoms. The van der Waals surface area contributed by atoms with Gasteiger partial charge in [-0.3, -0.25) is 4.90 Å². The molecule has 2 aliphatic heterocycles. The van der Waals surface area contributed by atoms with Gasteiger partial charge >= 0.3 is 0 Å². The first-order valence-corrected chi connectivity index (χ1v) is 6.15. The molecule has 2 fully saturated rings. The number of hydrogen-bond acceptors (Lipinski definition) is 2. The van der Waals surface area contributed by atoms with Gasteiger partial charge in [-0.15, -0.1) is 0 Å². The minimum absolute atomic E-state index is 0.815. The maximum atomic E-state index is 3.49. The molecule has 0 aromatic rings. The highest BCUT2D eigenvalue weighted by Crippen LogP contribution is 2.29. The summed E-state index contributed by atoms with van der Waals surface area (Å²) in [6.45, 7) is 10.9. The Kier molecular flexibility index (Phi) is 3.13. The van der Waals surface area contributed by atoms with E-state index in [-0.39, 0.29) is 0 Å². The van der Waals surface area contributed by atoms with Crippen LogP contribution in [0.5, 0.6) is 0 Å². The van der Waals surface area contributed by atoms with Gasteiger partial charge in [-0.2, -0.15) is 0 Å². The summed E-state index contributed by atoms with van der Waals surface area (Å²) in [6, 6.07) is 1.66. The zero-order valence-corrected chi connectivity index (χ0v) is 9.79. The van der Waals surface area contributed by atoms with Crippen molar-refractivity contribution in [2.45, 2.75) is 45.7 Å². The highest BCUT2D eigenvalue weighted by atomic mass is 15.2. The van der Waals surface area contributed by atoms with Crippen LogP contribution in [0.2, 0.25) is 0 Å². The van der Waals surface area contributed by atoms with Crippen LogP contribution in [-0.4, -0.2) is 36.6 Å². The van der Waals surface area contributed by atoms with Gasteiger partial charge in [0.05, 0.1) is 0 Å². The first-order chi connectivity index (χ1) is 6.68. The molecule has 2 saturated heterocycles. The second-order valence-electron chi connectivity index (χ2n) is 5.42. The third-order valence-electron chi connectivity index (χ3n) is 4.00. The Labute approximate surface area is 88.1 Å². The van der Waals surface area contributed by atoms with Gasteiger partial charge in [-0.1, -0.05) is 13.8 Å². The molecule has 0 bridgehead atoms. The van der Waals surface area contributed by atoms with Crippen molar-refractivity contribution in [2.75, 3.05) is 19.6 Å². The second-order valence-corrected chi connectivity index (χ2v) is 5.42. The van der Waals surface area contributed by atoms with E-state index in [4.69, 9.17) is 0 Å². The van der Waals surface area contributed by atoms with Crippen molar-refractivity contribution in [3.8, 4) is 0 Å². The molecule has 2 rings (SSSR count). The molecule has 4 unspecified atom stereocenters. The van der Waals surface area contributed by atoms with Gasteiger partial charge in [0.2, 0.25) is 0 Å². The molecule has 0 saturated carbocycles. The predicted molar refractivity (Wildman–Crippen MR) is 60.4 cm³/mol. The maximum absolute atomic E-state index is 3.49. The molecule has 0 aromatic carbocycles. The van der Waals surface area contributed by atoms with E-state index in [9.17, 15) is 0 Å².